The highest BCUT2D eigenvalue weighted by atomic mass is 32.1. The van der Waals surface area contributed by atoms with Gasteiger partial charge in [0.25, 0.3) is 5.56 Å². The van der Waals surface area contributed by atoms with E-state index in [1.807, 2.05) is 0 Å². The Balaban J connectivity index is 2.63. The zero-order chi connectivity index (χ0) is 14.7. The van der Waals surface area contributed by atoms with Crippen LogP contribution in [0.5, 0.6) is 11.5 Å². The number of rotatable bonds is 4. The molecule has 5 heteroatoms. The summed E-state index contributed by atoms with van der Waals surface area (Å²) in [5.41, 5.74) is 1.31. The van der Waals surface area contributed by atoms with E-state index in [4.69, 9.17) is 4.74 Å². The molecule has 0 radical (unpaired) electrons. The van der Waals surface area contributed by atoms with Gasteiger partial charge < -0.3 is 14.8 Å². The van der Waals surface area contributed by atoms with Crippen LogP contribution >= 0.6 is 11.3 Å². The highest BCUT2D eigenvalue weighted by Gasteiger charge is 2.09. The van der Waals surface area contributed by atoms with E-state index in [1.54, 1.807) is 24.3 Å². The quantitative estimate of drug-likeness (QED) is 0.829. The van der Waals surface area contributed by atoms with E-state index in [2.05, 4.69) is 18.1 Å². The number of H-pyrrole nitrogens is 1. The average Bonchev–Trinajstić information content (AvgIpc) is 2.71. The van der Waals surface area contributed by atoms with Gasteiger partial charge in [0, 0.05) is 5.56 Å². The lowest BCUT2D eigenvalue weighted by Gasteiger charge is -2.09. The van der Waals surface area contributed by atoms with Crippen molar-refractivity contribution in [1.29, 1.82) is 0 Å². The fraction of sp³-hybridized carbons (Fsp3) is 0.133. The van der Waals surface area contributed by atoms with Crippen LogP contribution in [0.1, 0.15) is 11.1 Å². The molecule has 0 spiro atoms. The smallest absolute Gasteiger partial charge is 0.266 e. The van der Waals surface area contributed by atoms with Crippen molar-refractivity contribution in [3.8, 4) is 11.5 Å². The second-order valence-electron chi connectivity index (χ2n) is 4.21. The number of benzene rings is 1. The molecule has 1 heterocycles. The number of aromatic hydroxyl groups is 1. The van der Waals surface area contributed by atoms with Crippen LogP contribution in [0.2, 0.25) is 0 Å². The molecule has 0 amide bonds. The van der Waals surface area contributed by atoms with Crippen LogP contribution in [0.25, 0.3) is 12.7 Å². The number of methoxy groups -OCH3 is 1. The van der Waals surface area contributed by atoms with Crippen molar-refractivity contribution in [3.63, 3.8) is 0 Å². The summed E-state index contributed by atoms with van der Waals surface area (Å²) in [6, 6.07) is 3.49. The standard InChI is InChI=1S/C15H15NO3S/c1-4-5-11-6-10(7-12(19-3)14(11)17)8-13-15(18)16-9(2)20-13/h4,6-8,17H,1-2,5H2,3H3,(H,16,18)/b13-8-. The molecular formula is C15H15NO3S. The molecule has 0 aliphatic rings. The second kappa shape index (κ2) is 5.79. The van der Waals surface area contributed by atoms with Crippen LogP contribution in [-0.4, -0.2) is 17.2 Å². The van der Waals surface area contributed by atoms with Gasteiger partial charge >= 0.3 is 0 Å². The number of aromatic nitrogens is 1. The Morgan fingerprint density at radius 2 is 2.25 bits per heavy atom. The van der Waals surface area contributed by atoms with Gasteiger partial charge in [0.15, 0.2) is 11.5 Å². The molecule has 0 saturated heterocycles. The number of phenolic OH excluding ortho intramolecular Hbond substituents is 1. The molecule has 0 atom stereocenters. The Morgan fingerprint density at radius 1 is 1.50 bits per heavy atom. The summed E-state index contributed by atoms with van der Waals surface area (Å²) in [5.74, 6) is 0.473. The minimum absolute atomic E-state index is 0.0995. The third-order valence-electron chi connectivity index (χ3n) is 2.77. The van der Waals surface area contributed by atoms with E-state index < -0.39 is 0 Å². The van der Waals surface area contributed by atoms with Crippen molar-refractivity contribution in [2.24, 2.45) is 0 Å². The van der Waals surface area contributed by atoms with Crippen LogP contribution in [-0.2, 0) is 6.42 Å². The fourth-order valence-electron chi connectivity index (χ4n) is 1.88. The van der Waals surface area contributed by atoms with Crippen molar-refractivity contribution in [3.05, 3.63) is 55.5 Å². The number of hydrogen-bond donors (Lipinski definition) is 2. The first-order valence-corrected chi connectivity index (χ1v) is 6.77. The van der Waals surface area contributed by atoms with E-state index in [-0.39, 0.29) is 11.3 Å². The fourth-order valence-corrected chi connectivity index (χ4v) is 2.63. The van der Waals surface area contributed by atoms with Gasteiger partial charge in [-0.25, -0.2) is 0 Å². The van der Waals surface area contributed by atoms with Gasteiger partial charge in [-0.05, 0) is 30.2 Å². The van der Waals surface area contributed by atoms with E-state index >= 15 is 0 Å². The van der Waals surface area contributed by atoms with Gasteiger partial charge in [-0.15, -0.1) is 17.9 Å². The van der Waals surface area contributed by atoms with Crippen LogP contribution in [0.4, 0.5) is 0 Å². The van der Waals surface area contributed by atoms with E-state index in [9.17, 15) is 9.90 Å². The van der Waals surface area contributed by atoms with Gasteiger partial charge in [-0.1, -0.05) is 12.7 Å². The summed E-state index contributed by atoms with van der Waals surface area (Å²) in [6.07, 6.45) is 3.96. The second-order valence-corrected chi connectivity index (χ2v) is 5.35. The van der Waals surface area contributed by atoms with E-state index in [0.29, 0.717) is 26.9 Å². The number of thiazole rings is 1. The Kier molecular flexibility index (Phi) is 4.10. The summed E-state index contributed by atoms with van der Waals surface area (Å²) < 4.78 is 6.32. The maximum Gasteiger partial charge on any atom is 0.266 e. The summed E-state index contributed by atoms with van der Waals surface area (Å²) in [6.45, 7) is 7.36. The number of phenols is 1. The van der Waals surface area contributed by atoms with Crippen LogP contribution in [0.3, 0.4) is 0 Å². The lowest BCUT2D eigenvalue weighted by atomic mass is 10.1. The van der Waals surface area contributed by atoms with Crippen LogP contribution < -0.4 is 19.5 Å². The highest BCUT2D eigenvalue weighted by Crippen LogP contribution is 2.32. The topological polar surface area (TPSA) is 62.3 Å². The maximum atomic E-state index is 11.7. The molecule has 0 saturated carbocycles. The van der Waals surface area contributed by atoms with Crippen molar-refractivity contribution in [2.45, 2.75) is 6.42 Å². The van der Waals surface area contributed by atoms with Gasteiger partial charge in [-0.3, -0.25) is 4.79 Å². The molecule has 4 nitrogen and oxygen atoms in total. The first kappa shape index (κ1) is 14.1. The van der Waals surface area contributed by atoms with Crippen molar-refractivity contribution in [2.75, 3.05) is 7.11 Å². The summed E-state index contributed by atoms with van der Waals surface area (Å²) in [7, 11) is 1.49. The first-order chi connectivity index (χ1) is 9.55. The Hall–Kier alpha value is -2.27. The minimum atomic E-state index is -0.169. The van der Waals surface area contributed by atoms with Gasteiger partial charge in [0.05, 0.1) is 16.3 Å². The Morgan fingerprint density at radius 3 is 2.80 bits per heavy atom. The number of allylic oxidation sites excluding steroid dienone is 1. The molecular weight excluding hydrogens is 274 g/mol. The number of ether oxygens (including phenoxy) is 1. The van der Waals surface area contributed by atoms with Crippen molar-refractivity contribution >= 4 is 24.0 Å². The molecule has 1 aromatic carbocycles. The Labute approximate surface area is 120 Å². The largest absolute Gasteiger partial charge is 0.504 e. The number of hydrogen-bond acceptors (Lipinski definition) is 4. The summed E-state index contributed by atoms with van der Waals surface area (Å²) in [4.78, 5) is 14.3. The lowest BCUT2D eigenvalue weighted by molar-refractivity contribution is 0.371. The van der Waals surface area contributed by atoms with Crippen molar-refractivity contribution < 1.29 is 9.84 Å². The third kappa shape index (κ3) is 2.83. The molecule has 2 aromatic rings. The van der Waals surface area contributed by atoms with Crippen LogP contribution in [0, 0.1) is 0 Å². The predicted octanol–water partition coefficient (Wildman–Crippen LogP) is 1.12. The van der Waals surface area contributed by atoms with E-state index in [0.717, 1.165) is 5.56 Å². The number of aromatic amines is 1. The molecule has 2 N–H and O–H groups in total. The first-order valence-electron chi connectivity index (χ1n) is 5.95. The zero-order valence-corrected chi connectivity index (χ0v) is 11.9. The highest BCUT2D eigenvalue weighted by molar-refractivity contribution is 7.07. The predicted molar refractivity (Wildman–Crippen MR) is 81.8 cm³/mol. The molecule has 0 fully saturated rings. The SMILES string of the molecule is C=CCc1cc(/C=c2\sc(=C)[nH]c2=O)cc(OC)c1O. The van der Waals surface area contributed by atoms with Crippen LogP contribution in [0.15, 0.2) is 29.6 Å². The summed E-state index contributed by atoms with van der Waals surface area (Å²) >= 11 is 1.29. The van der Waals surface area contributed by atoms with Crippen molar-refractivity contribution in [1.82, 2.24) is 4.98 Å². The lowest BCUT2D eigenvalue weighted by Crippen LogP contribution is -2.19. The summed E-state index contributed by atoms with van der Waals surface area (Å²) in [5, 5.41) is 10.0. The average molecular weight is 289 g/mol. The Bertz CT molecular complexity index is 802. The molecule has 104 valence electrons. The van der Waals surface area contributed by atoms with Gasteiger partial charge in [0.2, 0.25) is 0 Å². The monoisotopic (exact) mass is 289 g/mol. The van der Waals surface area contributed by atoms with E-state index in [1.165, 1.54) is 18.4 Å². The molecule has 0 aliphatic carbocycles. The third-order valence-corrected chi connectivity index (χ3v) is 3.64. The minimum Gasteiger partial charge on any atom is -0.504 e. The maximum absolute atomic E-state index is 11.7. The molecule has 0 bridgehead atoms. The zero-order valence-electron chi connectivity index (χ0n) is 11.1. The molecule has 20 heavy (non-hydrogen) atoms. The van der Waals surface area contributed by atoms with Gasteiger partial charge in [-0.2, -0.15) is 0 Å². The molecule has 1 aromatic heterocycles. The molecule has 0 unspecified atom stereocenters. The number of nitrogens with one attached hydrogen (secondary N) is 1. The normalized spacial score (nSPS) is 11.6. The molecule has 2 rings (SSSR count). The van der Waals surface area contributed by atoms with Gasteiger partial charge in [0.1, 0.15) is 0 Å². The molecule has 0 aliphatic heterocycles.